The van der Waals surface area contributed by atoms with E-state index in [1.807, 2.05) is 0 Å². The van der Waals surface area contributed by atoms with Crippen LogP contribution in [0, 0.1) is 0 Å². The van der Waals surface area contributed by atoms with Crippen molar-refractivity contribution in [3.8, 4) is 0 Å². The van der Waals surface area contributed by atoms with Gasteiger partial charge in [-0.2, -0.15) is 0 Å². The van der Waals surface area contributed by atoms with E-state index in [1.54, 1.807) is 11.9 Å². The van der Waals surface area contributed by atoms with E-state index in [4.69, 9.17) is 9.84 Å². The van der Waals surface area contributed by atoms with E-state index in [2.05, 4.69) is 0 Å². The van der Waals surface area contributed by atoms with E-state index in [9.17, 15) is 9.59 Å². The van der Waals surface area contributed by atoms with Crippen molar-refractivity contribution in [3.05, 3.63) is 0 Å². The maximum absolute atomic E-state index is 12.2. The van der Waals surface area contributed by atoms with Gasteiger partial charge in [-0.3, -0.25) is 0 Å². The first-order valence-electron chi connectivity index (χ1n) is 6.03. The molecular formula is C11H18N2O4S. The molecule has 2 aliphatic heterocycles. The molecule has 0 radical (unpaired) electrons. The number of carboxylic acid groups (broad SMARTS) is 1. The summed E-state index contributed by atoms with van der Waals surface area (Å²) in [6.07, 6.45) is 2.09. The highest BCUT2D eigenvalue weighted by Crippen LogP contribution is 2.23. The Labute approximate surface area is 110 Å². The fourth-order valence-electron chi connectivity index (χ4n) is 2.23. The van der Waals surface area contributed by atoms with Crippen LogP contribution in [0.1, 0.15) is 12.8 Å². The van der Waals surface area contributed by atoms with Gasteiger partial charge in [-0.1, -0.05) is 0 Å². The first-order chi connectivity index (χ1) is 8.59. The number of hydrogen-bond donors (Lipinski definition) is 1. The zero-order valence-corrected chi connectivity index (χ0v) is 11.2. The lowest BCUT2D eigenvalue weighted by Gasteiger charge is -2.28. The van der Waals surface area contributed by atoms with Crippen molar-refractivity contribution >= 4 is 23.8 Å². The summed E-state index contributed by atoms with van der Waals surface area (Å²) in [5.74, 6) is -0.0144. The Bertz CT molecular complexity index is 333. The van der Waals surface area contributed by atoms with E-state index in [-0.39, 0.29) is 12.1 Å². The van der Waals surface area contributed by atoms with Crippen LogP contribution in [0.2, 0.25) is 0 Å². The van der Waals surface area contributed by atoms with Crippen LogP contribution in [0.3, 0.4) is 0 Å². The summed E-state index contributed by atoms with van der Waals surface area (Å²) in [6, 6.07) is -0.919. The lowest BCUT2D eigenvalue weighted by atomic mass is 10.2. The van der Waals surface area contributed by atoms with Crippen LogP contribution in [-0.4, -0.2) is 70.9 Å². The Morgan fingerprint density at radius 2 is 2.33 bits per heavy atom. The predicted molar refractivity (Wildman–Crippen MR) is 67.6 cm³/mol. The normalized spacial score (nSPS) is 27.5. The Balaban J connectivity index is 1.90. The highest BCUT2D eigenvalue weighted by Gasteiger charge is 2.36. The molecule has 0 aromatic carbocycles. The molecule has 0 saturated carbocycles. The summed E-state index contributed by atoms with van der Waals surface area (Å²) in [5, 5.41) is 9.05. The average molecular weight is 274 g/mol. The van der Waals surface area contributed by atoms with Crippen molar-refractivity contribution in [2.45, 2.75) is 25.0 Å². The minimum atomic E-state index is -0.932. The summed E-state index contributed by atoms with van der Waals surface area (Å²) in [6.45, 7) is 1.29. The zero-order chi connectivity index (χ0) is 13.1. The van der Waals surface area contributed by atoms with Crippen LogP contribution < -0.4 is 0 Å². The maximum atomic E-state index is 12.2. The van der Waals surface area contributed by atoms with E-state index < -0.39 is 12.0 Å². The SMILES string of the molecule is CN(CC1CCCO1)C(=O)N1CSCC1C(=O)O. The first kappa shape index (κ1) is 13.5. The number of urea groups is 1. The van der Waals surface area contributed by atoms with Gasteiger partial charge in [-0.15, -0.1) is 11.8 Å². The number of rotatable bonds is 3. The van der Waals surface area contributed by atoms with Crippen LogP contribution in [-0.2, 0) is 9.53 Å². The Morgan fingerprint density at radius 3 is 2.94 bits per heavy atom. The van der Waals surface area contributed by atoms with Gasteiger partial charge in [-0.05, 0) is 12.8 Å². The summed E-state index contributed by atoms with van der Waals surface area (Å²) in [7, 11) is 1.70. The van der Waals surface area contributed by atoms with E-state index in [1.165, 1.54) is 16.7 Å². The second-order valence-electron chi connectivity index (χ2n) is 4.62. The van der Waals surface area contributed by atoms with Crippen LogP contribution in [0.5, 0.6) is 0 Å². The van der Waals surface area contributed by atoms with Crippen LogP contribution in [0.4, 0.5) is 4.79 Å². The number of likely N-dealkylation sites (N-methyl/N-ethyl adjacent to an activating group) is 1. The van der Waals surface area contributed by atoms with Gasteiger partial charge in [0.05, 0.1) is 12.0 Å². The van der Waals surface area contributed by atoms with Gasteiger partial charge >= 0.3 is 12.0 Å². The van der Waals surface area contributed by atoms with Gasteiger partial charge in [0.15, 0.2) is 0 Å². The molecule has 0 aliphatic carbocycles. The van der Waals surface area contributed by atoms with Gasteiger partial charge in [0.1, 0.15) is 6.04 Å². The van der Waals surface area contributed by atoms with Crippen LogP contribution >= 0.6 is 11.8 Å². The standard InChI is InChI=1S/C11H18N2O4S/c1-12(5-8-3-2-4-17-8)11(16)13-7-18-6-9(13)10(14)15/h8-9H,2-7H2,1H3,(H,14,15). The molecule has 0 bridgehead atoms. The van der Waals surface area contributed by atoms with Crippen LogP contribution in [0.15, 0.2) is 0 Å². The molecule has 6 nitrogen and oxygen atoms in total. The highest BCUT2D eigenvalue weighted by molar-refractivity contribution is 7.99. The second-order valence-corrected chi connectivity index (χ2v) is 5.62. The first-order valence-corrected chi connectivity index (χ1v) is 7.19. The monoisotopic (exact) mass is 274 g/mol. The quantitative estimate of drug-likeness (QED) is 0.819. The Hall–Kier alpha value is -0.950. The fourth-order valence-corrected chi connectivity index (χ4v) is 3.37. The summed E-state index contributed by atoms with van der Waals surface area (Å²) >= 11 is 1.47. The van der Waals surface area contributed by atoms with Crippen molar-refractivity contribution in [2.75, 3.05) is 31.8 Å². The lowest BCUT2D eigenvalue weighted by molar-refractivity contribution is -0.140. The fraction of sp³-hybridized carbons (Fsp3) is 0.818. The number of carbonyl (C=O) groups is 2. The minimum Gasteiger partial charge on any atom is -0.480 e. The number of nitrogens with zero attached hydrogens (tertiary/aromatic N) is 2. The van der Waals surface area contributed by atoms with E-state index in [0.717, 1.165) is 19.4 Å². The number of amides is 2. The highest BCUT2D eigenvalue weighted by atomic mass is 32.2. The number of ether oxygens (including phenoxy) is 1. The molecule has 2 aliphatic rings. The van der Waals surface area contributed by atoms with Crippen LogP contribution in [0.25, 0.3) is 0 Å². The molecule has 2 heterocycles. The number of carbonyl (C=O) groups excluding carboxylic acids is 1. The van der Waals surface area contributed by atoms with Crippen molar-refractivity contribution in [3.63, 3.8) is 0 Å². The third-order valence-corrected chi connectivity index (χ3v) is 4.25. The molecular weight excluding hydrogens is 256 g/mol. The van der Waals surface area contributed by atoms with Crippen molar-refractivity contribution in [1.82, 2.24) is 9.80 Å². The molecule has 2 atom stereocenters. The topological polar surface area (TPSA) is 70.1 Å². The largest absolute Gasteiger partial charge is 0.480 e. The van der Waals surface area contributed by atoms with Gasteiger partial charge in [-0.25, -0.2) is 9.59 Å². The van der Waals surface area contributed by atoms with E-state index >= 15 is 0 Å². The molecule has 0 spiro atoms. The number of carboxylic acids is 1. The smallest absolute Gasteiger partial charge is 0.327 e. The minimum absolute atomic E-state index is 0.0949. The van der Waals surface area contributed by atoms with Gasteiger partial charge in [0.2, 0.25) is 0 Å². The van der Waals surface area contributed by atoms with Gasteiger partial charge in [0, 0.05) is 26.0 Å². The van der Waals surface area contributed by atoms with Gasteiger partial charge < -0.3 is 19.6 Å². The average Bonchev–Trinajstić information content (AvgIpc) is 2.97. The van der Waals surface area contributed by atoms with Crippen molar-refractivity contribution in [1.29, 1.82) is 0 Å². The zero-order valence-electron chi connectivity index (χ0n) is 10.4. The molecule has 2 fully saturated rings. The third-order valence-electron chi connectivity index (χ3n) is 3.24. The molecule has 102 valence electrons. The molecule has 0 aromatic rings. The van der Waals surface area contributed by atoms with Gasteiger partial charge in [0.25, 0.3) is 0 Å². The van der Waals surface area contributed by atoms with Crippen molar-refractivity contribution < 1.29 is 19.4 Å². The van der Waals surface area contributed by atoms with E-state index in [0.29, 0.717) is 18.2 Å². The Morgan fingerprint density at radius 1 is 1.56 bits per heavy atom. The number of thioether (sulfide) groups is 1. The second kappa shape index (κ2) is 5.79. The number of hydrogen-bond acceptors (Lipinski definition) is 4. The molecule has 0 aromatic heterocycles. The molecule has 2 unspecified atom stereocenters. The molecule has 2 saturated heterocycles. The Kier molecular flexibility index (Phi) is 4.34. The maximum Gasteiger partial charge on any atom is 0.327 e. The molecule has 1 N–H and O–H groups in total. The van der Waals surface area contributed by atoms with Crippen molar-refractivity contribution in [2.24, 2.45) is 0 Å². The molecule has 7 heteroatoms. The summed E-state index contributed by atoms with van der Waals surface area (Å²) in [4.78, 5) is 26.2. The molecule has 2 rings (SSSR count). The predicted octanol–water partition coefficient (Wildman–Crippen LogP) is 0.677. The summed E-state index contributed by atoms with van der Waals surface area (Å²) in [5.41, 5.74) is 0. The molecule has 18 heavy (non-hydrogen) atoms. The molecule has 2 amide bonds. The lowest BCUT2D eigenvalue weighted by Crippen LogP contribution is -2.49. The summed E-state index contributed by atoms with van der Waals surface area (Å²) < 4.78 is 5.48. The third kappa shape index (κ3) is 2.89. The number of aliphatic carboxylic acids is 1.